The number of hydrogen-bond acceptors (Lipinski definition) is 5. The average molecular weight is 409 g/mol. The number of aromatic nitrogens is 1. The van der Waals surface area contributed by atoms with E-state index >= 15 is 0 Å². The van der Waals surface area contributed by atoms with Gasteiger partial charge in [-0.3, -0.25) is 9.59 Å². The zero-order chi connectivity index (χ0) is 19.3. The minimum atomic E-state index is -0.944. The summed E-state index contributed by atoms with van der Waals surface area (Å²) in [6.45, 7) is 3.79. The maximum absolute atomic E-state index is 13.5. The van der Waals surface area contributed by atoms with Gasteiger partial charge in [0.15, 0.2) is 16.8 Å². The third kappa shape index (κ3) is 3.12. The lowest BCUT2D eigenvalue weighted by Gasteiger charge is -2.29. The van der Waals surface area contributed by atoms with Crippen LogP contribution in [0.2, 0.25) is 0 Å². The number of nitrogens with one attached hydrogen (secondary N) is 1. The Hall–Kier alpha value is -2.00. The van der Waals surface area contributed by atoms with Gasteiger partial charge in [-0.1, -0.05) is 0 Å². The van der Waals surface area contributed by atoms with Gasteiger partial charge < -0.3 is 10.2 Å². The molecule has 5 nitrogen and oxygen atoms in total. The molecular weight excluding hydrogens is 392 g/mol. The molecule has 2 saturated heterocycles. The van der Waals surface area contributed by atoms with Crippen molar-refractivity contribution in [2.75, 3.05) is 11.1 Å². The maximum atomic E-state index is 13.5. The molecule has 0 radical (unpaired) electrons. The van der Waals surface area contributed by atoms with Crippen molar-refractivity contribution in [1.29, 1.82) is 0 Å². The molecule has 2 aliphatic rings. The zero-order valence-corrected chi connectivity index (χ0v) is 16.3. The minimum Gasteiger partial charge on any atom is -0.315 e. The number of rotatable bonds is 3. The highest BCUT2D eigenvalue weighted by molar-refractivity contribution is 8.01. The Kier molecular flexibility index (Phi) is 4.46. The Balaban J connectivity index is 1.54. The molecule has 2 aromatic rings. The van der Waals surface area contributed by atoms with Gasteiger partial charge in [0.2, 0.25) is 11.8 Å². The van der Waals surface area contributed by atoms with E-state index < -0.39 is 17.7 Å². The Morgan fingerprint density at radius 3 is 2.89 bits per heavy atom. The Bertz CT molecular complexity index is 949. The van der Waals surface area contributed by atoms with Crippen LogP contribution in [0.1, 0.15) is 24.6 Å². The number of amides is 2. The molecule has 2 atom stereocenters. The molecular formula is C18H17F2N3O2S2. The van der Waals surface area contributed by atoms with Crippen LogP contribution in [0.3, 0.4) is 0 Å². The van der Waals surface area contributed by atoms with Crippen molar-refractivity contribution in [3.05, 3.63) is 34.7 Å². The first-order valence-electron chi connectivity index (χ1n) is 8.48. The second-order valence-corrected chi connectivity index (χ2v) is 9.51. The summed E-state index contributed by atoms with van der Waals surface area (Å²) in [6, 6.07) is 3.07. The largest absolute Gasteiger partial charge is 0.315 e. The van der Waals surface area contributed by atoms with Gasteiger partial charge >= 0.3 is 0 Å². The van der Waals surface area contributed by atoms with Crippen LogP contribution in [0, 0.1) is 18.6 Å². The second-order valence-electron chi connectivity index (χ2n) is 6.81. The van der Waals surface area contributed by atoms with Crippen LogP contribution < -0.4 is 5.32 Å². The number of carbonyl (C=O) groups is 2. The van der Waals surface area contributed by atoms with Crippen LogP contribution in [-0.4, -0.2) is 38.4 Å². The van der Waals surface area contributed by atoms with Crippen molar-refractivity contribution in [3.63, 3.8) is 0 Å². The predicted octanol–water partition coefficient (Wildman–Crippen LogP) is 3.79. The van der Waals surface area contributed by atoms with Crippen molar-refractivity contribution >= 4 is 40.0 Å². The van der Waals surface area contributed by atoms with Gasteiger partial charge in [-0.05, 0) is 38.5 Å². The molecule has 0 spiro atoms. The summed E-state index contributed by atoms with van der Waals surface area (Å²) in [5, 5.41) is 3.16. The molecule has 1 aromatic carbocycles. The predicted molar refractivity (Wildman–Crippen MR) is 102 cm³/mol. The molecule has 2 amide bonds. The third-order valence-electron chi connectivity index (χ3n) is 4.97. The number of nitrogens with zero attached hydrogens (tertiary/aromatic N) is 2. The van der Waals surface area contributed by atoms with E-state index in [4.69, 9.17) is 0 Å². The van der Waals surface area contributed by atoms with E-state index in [1.54, 1.807) is 23.6 Å². The average Bonchev–Trinajstić information content (AvgIpc) is 3.24. The van der Waals surface area contributed by atoms with E-state index in [1.807, 2.05) is 6.92 Å². The van der Waals surface area contributed by atoms with E-state index in [-0.39, 0.29) is 16.7 Å². The van der Waals surface area contributed by atoms with Crippen LogP contribution >= 0.6 is 23.1 Å². The van der Waals surface area contributed by atoms with Crippen LogP contribution in [-0.2, 0) is 9.59 Å². The highest BCUT2D eigenvalue weighted by Crippen LogP contribution is 2.47. The van der Waals surface area contributed by atoms with Crippen LogP contribution in [0.5, 0.6) is 0 Å². The summed E-state index contributed by atoms with van der Waals surface area (Å²) in [4.78, 5) is 31.4. The number of halogens is 2. The molecule has 2 aliphatic heterocycles. The van der Waals surface area contributed by atoms with E-state index in [1.165, 1.54) is 17.4 Å². The summed E-state index contributed by atoms with van der Waals surface area (Å²) in [5.41, 5.74) is 0.943. The van der Waals surface area contributed by atoms with Gasteiger partial charge in [0.1, 0.15) is 6.04 Å². The molecule has 4 rings (SSSR count). The lowest BCUT2D eigenvalue weighted by Crippen LogP contribution is -2.48. The standard InChI is InChI=1S/C18H17F2N3O2S2/c1-9-15(10-3-4-11(19)12(20)7-10)21-17(27-9)22-16(25)13-8-26-18(2)6-5-14(24)23(13)18/h3-4,7,13H,5-6,8H2,1-2H3,(H,21,22,25)/t13-,18-/m0/s1. The number of anilines is 1. The van der Waals surface area contributed by atoms with E-state index in [0.717, 1.165) is 23.4 Å². The van der Waals surface area contributed by atoms with E-state index in [9.17, 15) is 18.4 Å². The Morgan fingerprint density at radius 1 is 1.37 bits per heavy atom. The van der Waals surface area contributed by atoms with Crippen molar-refractivity contribution in [2.24, 2.45) is 0 Å². The Labute approximate surface area is 163 Å². The molecule has 0 unspecified atom stereocenters. The molecule has 0 aliphatic carbocycles. The topological polar surface area (TPSA) is 62.3 Å². The molecule has 2 fully saturated rings. The van der Waals surface area contributed by atoms with Gasteiger partial charge in [0.05, 0.1) is 10.6 Å². The molecule has 1 aromatic heterocycles. The molecule has 1 N–H and O–H groups in total. The summed E-state index contributed by atoms with van der Waals surface area (Å²) >= 11 is 2.89. The second kappa shape index (κ2) is 6.56. The lowest BCUT2D eigenvalue weighted by atomic mass is 10.1. The number of fused-ring (bicyclic) bond motifs is 1. The minimum absolute atomic E-state index is 0.000413. The number of aryl methyl sites for hydroxylation is 1. The fourth-order valence-electron chi connectivity index (χ4n) is 3.56. The normalized spacial score (nSPS) is 24.4. The van der Waals surface area contributed by atoms with Gasteiger partial charge in [0.25, 0.3) is 0 Å². The van der Waals surface area contributed by atoms with E-state index in [2.05, 4.69) is 10.3 Å². The van der Waals surface area contributed by atoms with Crippen molar-refractivity contribution < 1.29 is 18.4 Å². The summed E-state index contributed by atoms with van der Waals surface area (Å²) in [5.74, 6) is -1.58. The molecule has 27 heavy (non-hydrogen) atoms. The first-order chi connectivity index (χ1) is 12.8. The fraction of sp³-hybridized carbons (Fsp3) is 0.389. The summed E-state index contributed by atoms with van der Waals surface area (Å²) in [6.07, 6.45) is 1.21. The van der Waals surface area contributed by atoms with Gasteiger partial charge in [-0.15, -0.1) is 23.1 Å². The van der Waals surface area contributed by atoms with E-state index in [0.29, 0.717) is 28.6 Å². The van der Waals surface area contributed by atoms with Crippen LogP contribution in [0.15, 0.2) is 18.2 Å². The van der Waals surface area contributed by atoms with Crippen LogP contribution in [0.4, 0.5) is 13.9 Å². The first-order valence-corrected chi connectivity index (χ1v) is 10.3. The molecule has 142 valence electrons. The SMILES string of the molecule is Cc1sc(NC(=O)[C@@H]2CS[C@@]3(C)CCC(=O)N23)nc1-c1ccc(F)c(F)c1. The van der Waals surface area contributed by atoms with Crippen LogP contribution in [0.25, 0.3) is 11.3 Å². The van der Waals surface area contributed by atoms with Gasteiger partial charge in [-0.25, -0.2) is 13.8 Å². The maximum Gasteiger partial charge on any atom is 0.249 e. The van der Waals surface area contributed by atoms with Crippen molar-refractivity contribution in [1.82, 2.24) is 9.88 Å². The lowest BCUT2D eigenvalue weighted by molar-refractivity contribution is -0.135. The fourth-order valence-corrected chi connectivity index (χ4v) is 5.84. The number of benzene rings is 1. The molecule has 0 bridgehead atoms. The first kappa shape index (κ1) is 18.4. The molecule has 3 heterocycles. The van der Waals surface area contributed by atoms with Gasteiger partial charge in [0, 0.05) is 22.6 Å². The molecule has 9 heteroatoms. The highest BCUT2D eigenvalue weighted by atomic mass is 32.2. The number of hydrogen-bond donors (Lipinski definition) is 1. The number of thioether (sulfide) groups is 1. The monoisotopic (exact) mass is 409 g/mol. The number of carbonyl (C=O) groups excluding carboxylic acids is 2. The zero-order valence-electron chi connectivity index (χ0n) is 14.7. The quantitative estimate of drug-likeness (QED) is 0.838. The third-order valence-corrected chi connectivity index (χ3v) is 7.36. The summed E-state index contributed by atoms with van der Waals surface area (Å²) < 4.78 is 26.7. The highest BCUT2D eigenvalue weighted by Gasteiger charge is 2.52. The van der Waals surface area contributed by atoms with Crippen molar-refractivity contribution in [2.45, 2.75) is 37.6 Å². The smallest absolute Gasteiger partial charge is 0.249 e. The Morgan fingerprint density at radius 2 is 2.15 bits per heavy atom. The summed E-state index contributed by atoms with van der Waals surface area (Å²) in [7, 11) is 0. The molecule has 0 saturated carbocycles. The van der Waals surface area contributed by atoms with Crippen molar-refractivity contribution in [3.8, 4) is 11.3 Å². The van der Waals surface area contributed by atoms with Gasteiger partial charge in [-0.2, -0.15) is 0 Å². The number of thiazole rings is 1.